The molecular weight excluding hydrogens is 460 g/mol. The second-order valence-electron chi connectivity index (χ2n) is 9.27. The Labute approximate surface area is 223 Å². The number of hydrogen-bond acceptors (Lipinski definition) is 4. The molecule has 0 aromatic heterocycles. The molecule has 1 aliphatic rings. The lowest BCUT2D eigenvalue weighted by molar-refractivity contribution is 0.0728. The lowest BCUT2D eigenvalue weighted by Crippen LogP contribution is -2.37. The van der Waals surface area contributed by atoms with Crippen molar-refractivity contribution in [3.8, 4) is 5.75 Å². The lowest BCUT2D eigenvalue weighted by Gasteiger charge is -2.34. The van der Waals surface area contributed by atoms with E-state index < -0.39 is 11.6 Å². The van der Waals surface area contributed by atoms with Gasteiger partial charge in [-0.1, -0.05) is 109 Å². The third kappa shape index (κ3) is 5.95. The van der Waals surface area contributed by atoms with Gasteiger partial charge >= 0.3 is 6.16 Å². The van der Waals surface area contributed by atoms with Gasteiger partial charge in [-0.2, -0.15) is 0 Å². The predicted octanol–water partition coefficient (Wildman–Crippen LogP) is 9.07. The van der Waals surface area contributed by atoms with Gasteiger partial charge in [-0.3, -0.25) is 4.79 Å². The molecule has 0 fully saturated rings. The summed E-state index contributed by atoms with van der Waals surface area (Å²) in [6, 6.07) is 23.5. The number of ether oxygens (including phenoxy) is 2. The van der Waals surface area contributed by atoms with Crippen molar-refractivity contribution in [1.29, 1.82) is 0 Å². The highest BCUT2D eigenvalue weighted by atomic mass is 16.7. The molecule has 3 aromatic carbocycles. The largest absolute Gasteiger partial charge is 0.514 e. The molecule has 37 heavy (non-hydrogen) atoms. The second-order valence-corrected chi connectivity index (χ2v) is 9.27. The summed E-state index contributed by atoms with van der Waals surface area (Å²) >= 11 is 0. The second kappa shape index (κ2) is 13.2. The van der Waals surface area contributed by atoms with Crippen LogP contribution in [-0.2, 0) is 10.2 Å². The summed E-state index contributed by atoms with van der Waals surface area (Å²) in [7, 11) is 0. The van der Waals surface area contributed by atoms with E-state index in [1.807, 2.05) is 64.1 Å². The van der Waals surface area contributed by atoms with Crippen LogP contribution in [0.4, 0.5) is 4.79 Å². The summed E-state index contributed by atoms with van der Waals surface area (Å²) in [6.07, 6.45) is -1.00. The fourth-order valence-electron chi connectivity index (χ4n) is 4.88. The summed E-state index contributed by atoms with van der Waals surface area (Å²) in [5, 5.41) is 0. The topological polar surface area (TPSA) is 52.6 Å². The van der Waals surface area contributed by atoms with E-state index >= 15 is 0 Å². The number of carbonyl (C=O) groups excluding carboxylic acids is 2. The zero-order valence-electron chi connectivity index (χ0n) is 23.8. The molecule has 2 unspecified atom stereocenters. The van der Waals surface area contributed by atoms with Gasteiger partial charge < -0.3 is 9.47 Å². The normalized spacial score (nSPS) is 17.8. The Morgan fingerprint density at radius 3 is 1.78 bits per heavy atom. The fourth-order valence-corrected chi connectivity index (χ4v) is 4.88. The lowest BCUT2D eigenvalue weighted by atomic mass is 9.66. The number of ketones is 1. The maximum atomic E-state index is 14.0. The van der Waals surface area contributed by atoms with Crippen molar-refractivity contribution in [1.82, 2.24) is 0 Å². The van der Waals surface area contributed by atoms with Gasteiger partial charge in [-0.25, -0.2) is 4.79 Å². The Morgan fingerprint density at radius 2 is 1.30 bits per heavy atom. The van der Waals surface area contributed by atoms with Crippen molar-refractivity contribution in [2.24, 2.45) is 0 Å². The number of carbonyl (C=O) groups is 2. The molecular formula is C33H42O4. The first kappa shape index (κ1) is 29.8. The summed E-state index contributed by atoms with van der Waals surface area (Å²) in [6.45, 7) is 18.0. The summed E-state index contributed by atoms with van der Waals surface area (Å²) in [4.78, 5) is 25.9. The summed E-state index contributed by atoms with van der Waals surface area (Å²) in [5.41, 5.74) is 4.04. The molecule has 0 N–H and O–H groups in total. The van der Waals surface area contributed by atoms with Crippen LogP contribution in [-0.4, -0.2) is 18.0 Å². The maximum Gasteiger partial charge on any atom is 0.514 e. The first-order valence-corrected chi connectivity index (χ1v) is 13.5. The van der Waals surface area contributed by atoms with Crippen LogP contribution in [0.1, 0.15) is 107 Å². The average Bonchev–Trinajstić information content (AvgIpc) is 3.14. The van der Waals surface area contributed by atoms with Crippen molar-refractivity contribution >= 4 is 11.9 Å². The molecule has 2 atom stereocenters. The highest BCUT2D eigenvalue weighted by molar-refractivity contribution is 6.11. The molecule has 198 valence electrons. The molecule has 0 amide bonds. The minimum atomic E-state index is -0.851. The molecule has 0 spiro atoms. The van der Waals surface area contributed by atoms with E-state index in [1.54, 1.807) is 26.0 Å². The van der Waals surface area contributed by atoms with Crippen LogP contribution in [0, 0.1) is 0 Å². The standard InChI is InChI=1S/C29H30O4.2C2H6/c1-18(2)21-10-12-22(13-11-21)29(20(5)25-8-6-7-9-26(25)27(29)30)23-14-16-24(17-15-23)33-28(31)32-19(3)4;2*1-2/h6-20H,1-5H3;2*1-2H3. The molecule has 4 rings (SSSR count). The van der Waals surface area contributed by atoms with Crippen molar-refractivity contribution in [3.63, 3.8) is 0 Å². The molecule has 4 nitrogen and oxygen atoms in total. The third-order valence-electron chi connectivity index (χ3n) is 6.56. The first-order chi connectivity index (χ1) is 17.7. The molecule has 0 saturated heterocycles. The number of fused-ring (bicyclic) bond motifs is 1. The molecule has 0 heterocycles. The SMILES string of the molecule is CC.CC.CC(C)OC(=O)Oc1ccc(C2(c3ccc(C(C)C)cc3)C(=O)c3ccccc3C2C)cc1. The molecule has 0 aliphatic heterocycles. The van der Waals surface area contributed by atoms with E-state index in [4.69, 9.17) is 9.47 Å². The van der Waals surface area contributed by atoms with Crippen LogP contribution >= 0.6 is 0 Å². The van der Waals surface area contributed by atoms with Gasteiger partial charge in [-0.15, -0.1) is 0 Å². The zero-order valence-corrected chi connectivity index (χ0v) is 23.8. The van der Waals surface area contributed by atoms with Crippen LogP contribution in [0.5, 0.6) is 5.75 Å². The Kier molecular flexibility index (Phi) is 10.7. The third-order valence-corrected chi connectivity index (χ3v) is 6.56. The van der Waals surface area contributed by atoms with Gasteiger partial charge in [0.05, 0.1) is 11.5 Å². The minimum absolute atomic E-state index is 0.0521. The van der Waals surface area contributed by atoms with Gasteiger partial charge in [0.2, 0.25) is 0 Å². The van der Waals surface area contributed by atoms with Crippen molar-refractivity contribution in [3.05, 3.63) is 101 Å². The van der Waals surface area contributed by atoms with E-state index in [1.165, 1.54) is 5.56 Å². The number of rotatable bonds is 5. The first-order valence-electron chi connectivity index (χ1n) is 13.5. The fraction of sp³-hybridized carbons (Fsp3) is 0.394. The van der Waals surface area contributed by atoms with Crippen LogP contribution in [0.25, 0.3) is 0 Å². The highest BCUT2D eigenvalue weighted by Gasteiger charge is 2.53. The van der Waals surface area contributed by atoms with Crippen molar-refractivity contribution in [2.75, 3.05) is 0 Å². The summed E-state index contributed by atoms with van der Waals surface area (Å²) in [5.74, 6) is 0.829. The highest BCUT2D eigenvalue weighted by Crippen LogP contribution is 2.53. The number of benzene rings is 3. The van der Waals surface area contributed by atoms with Gasteiger partial charge in [0.1, 0.15) is 5.75 Å². The Morgan fingerprint density at radius 1 is 0.784 bits per heavy atom. The van der Waals surface area contributed by atoms with Crippen molar-refractivity contribution < 1.29 is 19.1 Å². The van der Waals surface area contributed by atoms with E-state index in [0.717, 1.165) is 22.3 Å². The molecule has 0 radical (unpaired) electrons. The van der Waals surface area contributed by atoms with E-state index in [2.05, 4.69) is 45.0 Å². The molecule has 0 saturated carbocycles. The van der Waals surface area contributed by atoms with Crippen LogP contribution in [0.3, 0.4) is 0 Å². The van der Waals surface area contributed by atoms with Gasteiger partial charge in [0.25, 0.3) is 0 Å². The summed E-state index contributed by atoms with van der Waals surface area (Å²) < 4.78 is 10.4. The monoisotopic (exact) mass is 502 g/mol. The Balaban J connectivity index is 0.00000115. The van der Waals surface area contributed by atoms with Crippen LogP contribution in [0.2, 0.25) is 0 Å². The van der Waals surface area contributed by atoms with Crippen LogP contribution in [0.15, 0.2) is 72.8 Å². The quantitative estimate of drug-likeness (QED) is 0.258. The van der Waals surface area contributed by atoms with Crippen LogP contribution < -0.4 is 4.74 Å². The molecule has 3 aromatic rings. The molecule has 4 heteroatoms. The van der Waals surface area contributed by atoms with Gasteiger partial charge in [-0.05, 0) is 54.2 Å². The average molecular weight is 503 g/mol. The Hall–Kier alpha value is -3.40. The smallest absolute Gasteiger partial charge is 0.431 e. The minimum Gasteiger partial charge on any atom is -0.431 e. The van der Waals surface area contributed by atoms with E-state index in [9.17, 15) is 9.59 Å². The zero-order chi connectivity index (χ0) is 27.8. The number of hydrogen-bond donors (Lipinski definition) is 0. The molecule has 0 bridgehead atoms. The van der Waals surface area contributed by atoms with E-state index in [0.29, 0.717) is 11.7 Å². The van der Waals surface area contributed by atoms with Crippen molar-refractivity contribution in [2.45, 2.75) is 85.7 Å². The van der Waals surface area contributed by atoms with Gasteiger partial charge in [0, 0.05) is 11.5 Å². The maximum absolute atomic E-state index is 14.0. The Bertz CT molecular complexity index is 1160. The predicted molar refractivity (Wildman–Crippen MR) is 152 cm³/mol. The van der Waals surface area contributed by atoms with Gasteiger partial charge in [0.15, 0.2) is 5.78 Å². The van der Waals surface area contributed by atoms with E-state index in [-0.39, 0.29) is 17.8 Å². The number of Topliss-reactive ketones (excluding diaryl/α,β-unsaturated/α-hetero) is 1. The molecule has 1 aliphatic carbocycles.